The molecular formula is C14H11Br2F. The minimum Gasteiger partial charge on any atom is -0.207 e. The van der Waals surface area contributed by atoms with Crippen LogP contribution in [0.25, 0.3) is 0 Å². The highest BCUT2D eigenvalue weighted by Gasteiger charge is 2.17. The molecule has 88 valence electrons. The van der Waals surface area contributed by atoms with Crippen LogP contribution in [0.4, 0.5) is 4.39 Å². The first kappa shape index (κ1) is 12.8. The molecule has 0 aromatic heterocycles. The molecule has 0 aliphatic rings. The number of benzene rings is 2. The van der Waals surface area contributed by atoms with Crippen LogP contribution in [-0.4, -0.2) is 0 Å². The molecule has 0 aliphatic carbocycles. The third-order valence-corrected chi connectivity index (χ3v) is 4.30. The van der Waals surface area contributed by atoms with Crippen molar-refractivity contribution in [1.82, 2.24) is 0 Å². The number of hydrogen-bond donors (Lipinski definition) is 0. The van der Waals surface area contributed by atoms with Crippen molar-refractivity contribution in [2.24, 2.45) is 0 Å². The maximum atomic E-state index is 13.8. The fourth-order valence-corrected chi connectivity index (χ4v) is 3.30. The van der Waals surface area contributed by atoms with E-state index in [2.05, 4.69) is 31.9 Å². The van der Waals surface area contributed by atoms with Crippen LogP contribution in [0.5, 0.6) is 0 Å². The van der Waals surface area contributed by atoms with Gasteiger partial charge in [0.2, 0.25) is 0 Å². The minimum atomic E-state index is -0.207. The Hall–Kier alpha value is -0.670. The summed E-state index contributed by atoms with van der Waals surface area (Å²) in [5.41, 5.74) is 2.87. The number of hydrogen-bond acceptors (Lipinski definition) is 0. The first-order chi connectivity index (χ1) is 8.09. The van der Waals surface area contributed by atoms with Gasteiger partial charge in [-0.2, -0.15) is 0 Å². The summed E-state index contributed by atoms with van der Waals surface area (Å²) in [4.78, 5) is -0.140. The molecule has 2 aromatic rings. The van der Waals surface area contributed by atoms with Crippen molar-refractivity contribution >= 4 is 31.9 Å². The first-order valence-electron chi connectivity index (χ1n) is 5.24. The molecule has 0 saturated carbocycles. The topological polar surface area (TPSA) is 0 Å². The van der Waals surface area contributed by atoms with E-state index in [0.717, 1.165) is 10.0 Å². The molecule has 0 fully saturated rings. The molecule has 3 heteroatoms. The summed E-state index contributed by atoms with van der Waals surface area (Å²) >= 11 is 6.94. The quantitative estimate of drug-likeness (QED) is 0.633. The van der Waals surface area contributed by atoms with Gasteiger partial charge >= 0.3 is 0 Å². The Balaban J connectivity index is 2.43. The smallest absolute Gasteiger partial charge is 0.129 e. The third-order valence-electron chi connectivity index (χ3n) is 2.62. The van der Waals surface area contributed by atoms with Crippen LogP contribution in [-0.2, 0) is 0 Å². The molecule has 0 spiro atoms. The SMILES string of the molecule is Cc1ccc(C(Br)c2c(F)cccc2Br)cc1. The van der Waals surface area contributed by atoms with Crippen LogP contribution >= 0.6 is 31.9 Å². The highest BCUT2D eigenvalue weighted by Crippen LogP contribution is 2.36. The second kappa shape index (κ2) is 5.32. The lowest BCUT2D eigenvalue weighted by atomic mass is 10.0. The van der Waals surface area contributed by atoms with E-state index in [1.807, 2.05) is 37.3 Å². The Kier molecular flexibility index (Phi) is 4.00. The number of alkyl halides is 1. The average Bonchev–Trinajstić information content (AvgIpc) is 2.29. The lowest BCUT2D eigenvalue weighted by molar-refractivity contribution is 0.612. The van der Waals surface area contributed by atoms with Crippen molar-refractivity contribution in [3.63, 3.8) is 0 Å². The van der Waals surface area contributed by atoms with E-state index < -0.39 is 0 Å². The van der Waals surface area contributed by atoms with Gasteiger partial charge in [-0.1, -0.05) is 67.8 Å². The van der Waals surface area contributed by atoms with E-state index in [1.54, 1.807) is 6.07 Å². The Bertz CT molecular complexity index is 500. The van der Waals surface area contributed by atoms with E-state index in [0.29, 0.717) is 5.56 Å². The summed E-state index contributed by atoms with van der Waals surface area (Å²) in [7, 11) is 0. The molecule has 0 aliphatic heterocycles. The van der Waals surface area contributed by atoms with E-state index in [4.69, 9.17) is 0 Å². The largest absolute Gasteiger partial charge is 0.207 e. The summed E-state index contributed by atoms with van der Waals surface area (Å²) in [6.07, 6.45) is 0. The molecule has 0 heterocycles. The second-order valence-electron chi connectivity index (χ2n) is 3.91. The van der Waals surface area contributed by atoms with E-state index in [1.165, 1.54) is 11.6 Å². The van der Waals surface area contributed by atoms with Crippen molar-refractivity contribution < 1.29 is 4.39 Å². The lowest BCUT2D eigenvalue weighted by Crippen LogP contribution is -1.97. The van der Waals surface area contributed by atoms with Crippen molar-refractivity contribution in [1.29, 1.82) is 0 Å². The average molecular weight is 358 g/mol. The third kappa shape index (κ3) is 2.78. The summed E-state index contributed by atoms with van der Waals surface area (Å²) in [5.74, 6) is -0.207. The Morgan fingerprint density at radius 1 is 1.06 bits per heavy atom. The zero-order valence-corrected chi connectivity index (χ0v) is 12.4. The fraction of sp³-hybridized carbons (Fsp3) is 0.143. The van der Waals surface area contributed by atoms with Crippen LogP contribution < -0.4 is 0 Å². The maximum absolute atomic E-state index is 13.8. The zero-order chi connectivity index (χ0) is 12.4. The van der Waals surface area contributed by atoms with Gasteiger partial charge in [-0.3, -0.25) is 0 Å². The molecule has 0 saturated heterocycles. The molecule has 0 radical (unpaired) electrons. The molecule has 2 aromatic carbocycles. The minimum absolute atomic E-state index is 0.140. The van der Waals surface area contributed by atoms with Gasteiger partial charge in [-0.25, -0.2) is 4.39 Å². The van der Waals surface area contributed by atoms with Gasteiger partial charge in [0.05, 0.1) is 4.83 Å². The molecule has 1 unspecified atom stereocenters. The highest BCUT2D eigenvalue weighted by atomic mass is 79.9. The van der Waals surface area contributed by atoms with Gasteiger partial charge in [-0.15, -0.1) is 0 Å². The fourth-order valence-electron chi connectivity index (χ4n) is 1.65. The lowest BCUT2D eigenvalue weighted by Gasteiger charge is -2.13. The second-order valence-corrected chi connectivity index (χ2v) is 5.68. The normalized spacial score (nSPS) is 12.5. The molecule has 2 rings (SSSR count). The van der Waals surface area contributed by atoms with Gasteiger partial charge in [-0.05, 0) is 24.6 Å². The van der Waals surface area contributed by atoms with Gasteiger partial charge in [0, 0.05) is 10.0 Å². The summed E-state index contributed by atoms with van der Waals surface area (Å²) in [6, 6.07) is 13.1. The Morgan fingerprint density at radius 3 is 2.29 bits per heavy atom. The molecule has 17 heavy (non-hydrogen) atoms. The maximum Gasteiger partial charge on any atom is 0.129 e. The molecule has 0 bridgehead atoms. The van der Waals surface area contributed by atoms with Crippen molar-refractivity contribution in [3.8, 4) is 0 Å². The van der Waals surface area contributed by atoms with Gasteiger partial charge < -0.3 is 0 Å². The molecule has 0 nitrogen and oxygen atoms in total. The molecule has 1 atom stereocenters. The molecule has 0 N–H and O–H groups in total. The highest BCUT2D eigenvalue weighted by molar-refractivity contribution is 9.11. The van der Waals surface area contributed by atoms with Crippen molar-refractivity contribution in [2.45, 2.75) is 11.8 Å². The van der Waals surface area contributed by atoms with Gasteiger partial charge in [0.15, 0.2) is 0 Å². The van der Waals surface area contributed by atoms with Crippen LogP contribution in [0.2, 0.25) is 0 Å². The number of rotatable bonds is 2. The monoisotopic (exact) mass is 356 g/mol. The first-order valence-corrected chi connectivity index (χ1v) is 6.95. The summed E-state index contributed by atoms with van der Waals surface area (Å²) in [5, 5.41) is 0. The standard InChI is InChI=1S/C14H11Br2F/c1-9-5-7-10(8-6-9)14(16)13-11(15)3-2-4-12(13)17/h2-8,14H,1H3. The number of aryl methyl sites for hydroxylation is 1. The number of halogens is 3. The summed E-state index contributed by atoms with van der Waals surface area (Å²) < 4.78 is 14.6. The molecule has 0 amide bonds. The van der Waals surface area contributed by atoms with E-state index in [9.17, 15) is 4.39 Å². The molecular weight excluding hydrogens is 347 g/mol. The predicted octanol–water partition coefficient (Wildman–Crippen LogP) is 5.38. The van der Waals surface area contributed by atoms with Crippen LogP contribution in [0, 0.1) is 12.7 Å². The summed E-state index contributed by atoms with van der Waals surface area (Å²) in [6.45, 7) is 2.03. The van der Waals surface area contributed by atoms with Crippen molar-refractivity contribution in [3.05, 3.63) is 69.4 Å². The van der Waals surface area contributed by atoms with Crippen LogP contribution in [0.3, 0.4) is 0 Å². The Morgan fingerprint density at radius 2 is 1.71 bits per heavy atom. The zero-order valence-electron chi connectivity index (χ0n) is 9.25. The van der Waals surface area contributed by atoms with Crippen LogP contribution in [0.1, 0.15) is 21.5 Å². The Labute approximate surface area is 117 Å². The van der Waals surface area contributed by atoms with Crippen LogP contribution in [0.15, 0.2) is 46.9 Å². The van der Waals surface area contributed by atoms with E-state index in [-0.39, 0.29) is 10.6 Å². The predicted molar refractivity (Wildman–Crippen MR) is 76.0 cm³/mol. The van der Waals surface area contributed by atoms with Gasteiger partial charge in [0.1, 0.15) is 5.82 Å². The van der Waals surface area contributed by atoms with Crippen molar-refractivity contribution in [2.75, 3.05) is 0 Å². The van der Waals surface area contributed by atoms with E-state index >= 15 is 0 Å². The van der Waals surface area contributed by atoms with Gasteiger partial charge in [0.25, 0.3) is 0 Å².